The summed E-state index contributed by atoms with van der Waals surface area (Å²) in [5.74, 6) is 0.118. The number of nitrogens with one attached hydrogen (secondary N) is 1. The Balaban J connectivity index is 0.00000102. The van der Waals surface area contributed by atoms with Crippen molar-refractivity contribution in [1.82, 2.24) is 10.3 Å². The second-order valence-electron chi connectivity index (χ2n) is 6.04. The highest BCUT2D eigenvalue weighted by Gasteiger charge is 2.27. The van der Waals surface area contributed by atoms with Crippen LogP contribution in [0, 0.1) is 5.41 Å². The molecule has 1 saturated carbocycles. The summed E-state index contributed by atoms with van der Waals surface area (Å²) in [6.07, 6.45) is 8.52. The molecule has 0 aromatic carbocycles. The lowest BCUT2D eigenvalue weighted by atomic mass is 9.75. The Morgan fingerprint density at radius 2 is 1.82 bits per heavy atom. The van der Waals surface area contributed by atoms with E-state index in [0.29, 0.717) is 17.9 Å². The number of carbonyl (C=O) groups is 1. The highest BCUT2D eigenvalue weighted by Crippen LogP contribution is 2.34. The molecule has 126 valence electrons. The molecule has 0 unspecified atom stereocenters. The van der Waals surface area contributed by atoms with E-state index in [4.69, 9.17) is 0 Å². The van der Waals surface area contributed by atoms with E-state index in [9.17, 15) is 4.79 Å². The first-order valence-corrected chi connectivity index (χ1v) is 8.73. The van der Waals surface area contributed by atoms with E-state index in [1.54, 1.807) is 12.4 Å². The van der Waals surface area contributed by atoms with Crippen LogP contribution in [0.2, 0.25) is 0 Å². The monoisotopic (exact) mass is 306 g/mol. The average molecular weight is 306 g/mol. The molecule has 22 heavy (non-hydrogen) atoms. The first kappa shape index (κ1) is 20.6. The quantitative estimate of drug-likeness (QED) is 0.874. The first-order chi connectivity index (χ1) is 10.6. The molecule has 1 aromatic rings. The third-order valence-electron chi connectivity index (χ3n) is 3.79. The van der Waals surface area contributed by atoms with Crippen molar-refractivity contribution in [2.45, 2.75) is 79.7 Å². The van der Waals surface area contributed by atoms with Crippen LogP contribution in [0.25, 0.3) is 0 Å². The molecule has 0 atom stereocenters. The zero-order valence-electron chi connectivity index (χ0n) is 15.3. The van der Waals surface area contributed by atoms with Crippen LogP contribution < -0.4 is 5.32 Å². The molecule has 3 nitrogen and oxygen atoms in total. The number of nitrogens with zero attached hydrogens (tertiary/aromatic N) is 1. The summed E-state index contributed by atoms with van der Waals surface area (Å²) in [6.45, 7) is 12.6. The number of pyridine rings is 1. The fraction of sp³-hybridized carbons (Fsp3) is 0.684. The number of rotatable bonds is 3. The van der Waals surface area contributed by atoms with Gasteiger partial charge in [-0.05, 0) is 42.7 Å². The molecule has 1 heterocycles. The summed E-state index contributed by atoms with van der Waals surface area (Å²) in [6, 6.07) is 4.17. The lowest BCUT2D eigenvalue weighted by Crippen LogP contribution is -2.39. The Labute approximate surface area is 136 Å². The van der Waals surface area contributed by atoms with Crippen molar-refractivity contribution in [2.24, 2.45) is 5.41 Å². The Kier molecular flexibility index (Phi) is 10.5. The van der Waals surface area contributed by atoms with Crippen LogP contribution in [0.4, 0.5) is 0 Å². The highest BCUT2D eigenvalue weighted by molar-refractivity contribution is 5.78. The van der Waals surface area contributed by atoms with Gasteiger partial charge in [-0.15, -0.1) is 0 Å². The molecule has 0 radical (unpaired) electrons. The van der Waals surface area contributed by atoms with Gasteiger partial charge in [0.1, 0.15) is 0 Å². The fourth-order valence-electron chi connectivity index (χ4n) is 2.51. The second-order valence-corrected chi connectivity index (χ2v) is 6.04. The number of hydrogen-bond donors (Lipinski definition) is 1. The van der Waals surface area contributed by atoms with Crippen molar-refractivity contribution in [1.29, 1.82) is 0 Å². The molecule has 0 spiro atoms. The minimum atomic E-state index is 0.118. The fourth-order valence-corrected chi connectivity index (χ4v) is 2.51. The van der Waals surface area contributed by atoms with Crippen molar-refractivity contribution in [3.05, 3.63) is 30.1 Å². The smallest absolute Gasteiger partial charge is 0.224 e. The van der Waals surface area contributed by atoms with E-state index in [0.717, 1.165) is 18.4 Å². The Morgan fingerprint density at radius 3 is 2.32 bits per heavy atom. The van der Waals surface area contributed by atoms with Gasteiger partial charge < -0.3 is 5.32 Å². The van der Waals surface area contributed by atoms with Gasteiger partial charge in [0.2, 0.25) is 5.91 Å². The summed E-state index contributed by atoms with van der Waals surface area (Å²) in [5.41, 5.74) is 1.43. The Bertz CT molecular complexity index is 391. The van der Waals surface area contributed by atoms with Crippen LogP contribution in [-0.4, -0.2) is 16.9 Å². The molecule has 1 fully saturated rings. The second kappa shape index (κ2) is 11.2. The van der Waals surface area contributed by atoms with Gasteiger partial charge in [-0.2, -0.15) is 0 Å². The normalized spacial score (nSPS) is 16.5. The van der Waals surface area contributed by atoms with Gasteiger partial charge in [-0.25, -0.2) is 0 Å². The van der Waals surface area contributed by atoms with Crippen molar-refractivity contribution < 1.29 is 4.79 Å². The summed E-state index contributed by atoms with van der Waals surface area (Å²) < 4.78 is 0. The standard InChI is InChI=1S/C15H22N2O.2C2H6/c1-15(2)7-5-13(6-8-15)17-14(18)10-12-4-3-9-16-11-12;2*1-2/h3-4,9,11,13H,5-8,10H2,1-2H3,(H,17,18);2*1-2H3. The van der Waals surface area contributed by atoms with Gasteiger partial charge in [0, 0.05) is 18.4 Å². The highest BCUT2D eigenvalue weighted by atomic mass is 16.1. The maximum absolute atomic E-state index is 11.9. The van der Waals surface area contributed by atoms with Crippen LogP contribution in [0.5, 0.6) is 0 Å². The molecule has 3 heteroatoms. The maximum atomic E-state index is 11.9. The molecule has 0 saturated heterocycles. The van der Waals surface area contributed by atoms with Gasteiger partial charge in [0.15, 0.2) is 0 Å². The van der Waals surface area contributed by atoms with Crippen LogP contribution in [0.15, 0.2) is 24.5 Å². The number of aromatic nitrogens is 1. The van der Waals surface area contributed by atoms with E-state index < -0.39 is 0 Å². The van der Waals surface area contributed by atoms with Gasteiger partial charge >= 0.3 is 0 Å². The van der Waals surface area contributed by atoms with Crippen molar-refractivity contribution >= 4 is 5.91 Å². The van der Waals surface area contributed by atoms with Crippen LogP contribution >= 0.6 is 0 Å². The lowest BCUT2D eigenvalue weighted by molar-refractivity contribution is -0.121. The van der Waals surface area contributed by atoms with Gasteiger partial charge in [0.25, 0.3) is 0 Å². The first-order valence-electron chi connectivity index (χ1n) is 8.73. The summed E-state index contributed by atoms with van der Waals surface area (Å²) >= 11 is 0. The summed E-state index contributed by atoms with van der Waals surface area (Å²) in [4.78, 5) is 15.9. The molecule has 0 bridgehead atoms. The summed E-state index contributed by atoms with van der Waals surface area (Å²) in [7, 11) is 0. The van der Waals surface area contributed by atoms with E-state index in [1.165, 1.54) is 12.8 Å². The molecule has 0 aliphatic heterocycles. The van der Waals surface area contributed by atoms with E-state index in [-0.39, 0.29) is 5.91 Å². The SMILES string of the molecule is CC.CC.CC1(C)CCC(NC(=O)Cc2cccnc2)CC1. The van der Waals surface area contributed by atoms with E-state index in [2.05, 4.69) is 24.1 Å². The van der Waals surface area contributed by atoms with Crippen LogP contribution in [0.3, 0.4) is 0 Å². The predicted molar refractivity (Wildman–Crippen MR) is 94.8 cm³/mol. The van der Waals surface area contributed by atoms with Crippen LogP contribution in [0.1, 0.15) is 72.8 Å². The van der Waals surface area contributed by atoms with E-state index in [1.807, 2.05) is 39.8 Å². The molecule has 2 rings (SSSR count). The van der Waals surface area contributed by atoms with Crippen molar-refractivity contribution in [3.8, 4) is 0 Å². The minimum Gasteiger partial charge on any atom is -0.353 e. The zero-order valence-corrected chi connectivity index (χ0v) is 15.3. The molecule has 1 N–H and O–H groups in total. The Hall–Kier alpha value is -1.38. The number of carbonyl (C=O) groups excluding carboxylic acids is 1. The van der Waals surface area contributed by atoms with Crippen LogP contribution in [-0.2, 0) is 11.2 Å². The maximum Gasteiger partial charge on any atom is 0.224 e. The average Bonchev–Trinajstić information content (AvgIpc) is 2.54. The molecule has 1 aliphatic rings. The molecule has 1 amide bonds. The molecule has 1 aromatic heterocycles. The molecular formula is C19H34N2O. The third-order valence-corrected chi connectivity index (χ3v) is 3.79. The molecular weight excluding hydrogens is 272 g/mol. The van der Waals surface area contributed by atoms with Crippen molar-refractivity contribution in [3.63, 3.8) is 0 Å². The van der Waals surface area contributed by atoms with Gasteiger partial charge in [0.05, 0.1) is 6.42 Å². The largest absolute Gasteiger partial charge is 0.353 e. The number of amides is 1. The minimum absolute atomic E-state index is 0.118. The topological polar surface area (TPSA) is 42.0 Å². The van der Waals surface area contributed by atoms with Gasteiger partial charge in [-0.3, -0.25) is 9.78 Å². The lowest BCUT2D eigenvalue weighted by Gasteiger charge is -2.34. The van der Waals surface area contributed by atoms with Gasteiger partial charge in [-0.1, -0.05) is 47.6 Å². The summed E-state index contributed by atoms with van der Waals surface area (Å²) in [5, 5.41) is 3.14. The predicted octanol–water partition coefficient (Wildman–Crippen LogP) is 4.76. The number of hydrogen-bond acceptors (Lipinski definition) is 2. The van der Waals surface area contributed by atoms with E-state index >= 15 is 0 Å². The third kappa shape index (κ3) is 8.16. The molecule has 1 aliphatic carbocycles. The Morgan fingerprint density at radius 1 is 1.23 bits per heavy atom. The zero-order chi connectivity index (χ0) is 17.0. The van der Waals surface area contributed by atoms with Crippen molar-refractivity contribution in [2.75, 3.05) is 0 Å².